The van der Waals surface area contributed by atoms with Crippen molar-refractivity contribution in [3.8, 4) is 55.6 Å². The second-order valence-corrected chi connectivity index (χ2v) is 17.6. The van der Waals surface area contributed by atoms with Crippen LogP contribution >= 0.6 is 0 Å². The van der Waals surface area contributed by atoms with Gasteiger partial charge in [0.2, 0.25) is 0 Å². The molecule has 12 rings (SSSR count). The number of fused-ring (bicyclic) bond motifs is 7. The average molecular weight is 816 g/mol. The molecule has 0 saturated carbocycles. The van der Waals surface area contributed by atoms with Gasteiger partial charge in [0.25, 0.3) is 0 Å². The Hall–Kier alpha value is -8.00. The molecule has 1 heteroatoms. The molecule has 302 valence electrons. The fourth-order valence-corrected chi connectivity index (χ4v) is 10.5. The van der Waals surface area contributed by atoms with Crippen molar-refractivity contribution in [2.45, 2.75) is 19.3 Å². The normalized spacial score (nSPS) is 12.7. The Morgan fingerprint density at radius 1 is 0.297 bits per heavy atom. The number of nitrogens with zero attached hydrogens (tertiary/aromatic N) is 1. The van der Waals surface area contributed by atoms with Crippen LogP contribution in [0.1, 0.15) is 25.0 Å². The maximum Gasteiger partial charge on any atom is 0.0546 e. The van der Waals surface area contributed by atoms with E-state index in [4.69, 9.17) is 0 Å². The Kier molecular flexibility index (Phi) is 8.91. The summed E-state index contributed by atoms with van der Waals surface area (Å²) in [7, 11) is 0. The van der Waals surface area contributed by atoms with Crippen molar-refractivity contribution in [2.24, 2.45) is 0 Å². The average Bonchev–Trinajstić information content (AvgIpc) is 3.59. The summed E-state index contributed by atoms with van der Waals surface area (Å²) in [4.78, 5) is 2.50. The Morgan fingerprint density at radius 3 is 1.66 bits per heavy atom. The van der Waals surface area contributed by atoms with E-state index < -0.39 is 0 Å². The lowest BCUT2D eigenvalue weighted by atomic mass is 9.82. The maximum atomic E-state index is 2.50. The smallest absolute Gasteiger partial charge is 0.0546 e. The van der Waals surface area contributed by atoms with Crippen LogP contribution in [0.25, 0.3) is 88.0 Å². The lowest BCUT2D eigenvalue weighted by molar-refractivity contribution is 0.660. The highest BCUT2D eigenvalue weighted by molar-refractivity contribution is 6.15. The summed E-state index contributed by atoms with van der Waals surface area (Å²) in [6.45, 7) is 4.74. The van der Waals surface area contributed by atoms with Gasteiger partial charge in [-0.05, 0) is 130 Å². The minimum Gasteiger partial charge on any atom is -0.310 e. The molecule has 64 heavy (non-hydrogen) atoms. The van der Waals surface area contributed by atoms with Crippen LogP contribution in [0.15, 0.2) is 237 Å². The molecule has 0 unspecified atom stereocenters. The van der Waals surface area contributed by atoms with Crippen LogP contribution < -0.4 is 4.90 Å². The van der Waals surface area contributed by atoms with Crippen molar-refractivity contribution >= 4 is 49.4 Å². The van der Waals surface area contributed by atoms with Gasteiger partial charge in [-0.3, -0.25) is 0 Å². The maximum absolute atomic E-state index is 2.50. The van der Waals surface area contributed by atoms with Crippen LogP contribution in [-0.2, 0) is 5.41 Å². The SMILES string of the molecule is CC1(C)c2ccccc2-c2ccc(N(c3ccc(-c4cccc5ccccc45)cc3)c3cccc(-c4cc5ccccc5c5ccccc45)c3-c3ccc(-c4ccccc4)cc3)cc21. The third-order valence-corrected chi connectivity index (χ3v) is 13.7. The monoisotopic (exact) mass is 815 g/mol. The van der Waals surface area contributed by atoms with Crippen LogP contribution in [0.3, 0.4) is 0 Å². The summed E-state index contributed by atoms with van der Waals surface area (Å²) in [6, 6.07) is 87.4. The van der Waals surface area contributed by atoms with Crippen LogP contribution in [0.4, 0.5) is 17.1 Å². The minimum absolute atomic E-state index is 0.159. The van der Waals surface area contributed by atoms with Gasteiger partial charge < -0.3 is 4.90 Å². The van der Waals surface area contributed by atoms with E-state index in [1.54, 1.807) is 0 Å². The Labute approximate surface area is 375 Å². The fraction of sp³-hybridized carbons (Fsp3) is 0.0476. The molecule has 1 nitrogen and oxygen atoms in total. The Balaban J connectivity index is 1.12. The second-order valence-electron chi connectivity index (χ2n) is 17.6. The fourth-order valence-electron chi connectivity index (χ4n) is 10.5. The van der Waals surface area contributed by atoms with E-state index in [1.807, 2.05) is 0 Å². The van der Waals surface area contributed by atoms with Crippen LogP contribution in [0.2, 0.25) is 0 Å². The molecule has 1 aliphatic rings. The highest BCUT2D eigenvalue weighted by Crippen LogP contribution is 2.53. The Morgan fingerprint density at radius 2 is 0.844 bits per heavy atom. The molecular weight excluding hydrogens is 771 g/mol. The largest absolute Gasteiger partial charge is 0.310 e. The van der Waals surface area contributed by atoms with Crippen molar-refractivity contribution in [1.29, 1.82) is 0 Å². The molecule has 0 amide bonds. The molecule has 11 aromatic rings. The summed E-state index contributed by atoms with van der Waals surface area (Å²) in [6.07, 6.45) is 0. The number of benzene rings is 11. The van der Waals surface area contributed by atoms with Gasteiger partial charge in [0.05, 0.1) is 5.69 Å². The zero-order valence-electron chi connectivity index (χ0n) is 36.0. The van der Waals surface area contributed by atoms with Crippen molar-refractivity contribution < 1.29 is 0 Å². The van der Waals surface area contributed by atoms with Crippen molar-refractivity contribution in [3.05, 3.63) is 248 Å². The first-order valence-electron chi connectivity index (χ1n) is 22.3. The van der Waals surface area contributed by atoms with Gasteiger partial charge in [-0.15, -0.1) is 0 Å². The summed E-state index contributed by atoms with van der Waals surface area (Å²) in [5.74, 6) is 0. The van der Waals surface area contributed by atoms with Crippen molar-refractivity contribution in [2.75, 3.05) is 4.90 Å². The molecule has 0 radical (unpaired) electrons. The van der Waals surface area contributed by atoms with Gasteiger partial charge in [0.15, 0.2) is 0 Å². The topological polar surface area (TPSA) is 3.24 Å². The number of hydrogen-bond acceptors (Lipinski definition) is 1. The predicted octanol–water partition coefficient (Wildman–Crippen LogP) is 17.6. The number of anilines is 3. The van der Waals surface area contributed by atoms with Gasteiger partial charge in [-0.1, -0.05) is 214 Å². The van der Waals surface area contributed by atoms with E-state index >= 15 is 0 Å². The zero-order chi connectivity index (χ0) is 42.8. The molecule has 0 bridgehead atoms. The molecule has 0 spiro atoms. The van der Waals surface area contributed by atoms with E-state index in [2.05, 4.69) is 255 Å². The highest BCUT2D eigenvalue weighted by Gasteiger charge is 2.36. The molecule has 11 aromatic carbocycles. The molecule has 0 fully saturated rings. The van der Waals surface area contributed by atoms with Crippen molar-refractivity contribution in [3.63, 3.8) is 0 Å². The summed E-state index contributed by atoms with van der Waals surface area (Å²) in [5, 5.41) is 7.49. The van der Waals surface area contributed by atoms with Crippen LogP contribution in [-0.4, -0.2) is 0 Å². The third kappa shape index (κ3) is 6.15. The van der Waals surface area contributed by atoms with Crippen LogP contribution in [0, 0.1) is 0 Å². The number of rotatable bonds is 7. The predicted molar refractivity (Wildman–Crippen MR) is 273 cm³/mol. The zero-order valence-corrected chi connectivity index (χ0v) is 36.0. The molecule has 0 N–H and O–H groups in total. The van der Waals surface area contributed by atoms with E-state index in [1.165, 1.54) is 93.5 Å². The van der Waals surface area contributed by atoms with Crippen molar-refractivity contribution in [1.82, 2.24) is 0 Å². The first kappa shape index (κ1) is 37.7. The molecule has 0 atom stereocenters. The summed E-state index contributed by atoms with van der Waals surface area (Å²) in [5.41, 5.74) is 18.1. The van der Waals surface area contributed by atoms with Crippen LogP contribution in [0.5, 0.6) is 0 Å². The van der Waals surface area contributed by atoms with Gasteiger partial charge in [-0.25, -0.2) is 0 Å². The van der Waals surface area contributed by atoms with E-state index in [0.29, 0.717) is 0 Å². The summed E-state index contributed by atoms with van der Waals surface area (Å²) >= 11 is 0. The van der Waals surface area contributed by atoms with Gasteiger partial charge in [-0.2, -0.15) is 0 Å². The lowest BCUT2D eigenvalue weighted by Gasteiger charge is -2.31. The molecular formula is C63H45N. The first-order valence-corrected chi connectivity index (χ1v) is 22.3. The molecule has 0 heterocycles. The molecule has 0 aromatic heterocycles. The quantitative estimate of drug-likeness (QED) is 0.145. The van der Waals surface area contributed by atoms with Gasteiger partial charge in [0, 0.05) is 22.4 Å². The second kappa shape index (κ2) is 15.1. The standard InChI is InChI=1S/C63H45N/c1-63(2)59-28-13-12-25-55(59)56-39-38-49(41-60(56)63)64(48-36-34-45(35-37-48)51-26-14-20-44-18-6-8-21-50(44)51)61-29-15-27-57(62(61)46-32-30-43(31-33-46)42-16-4-3-5-17-42)58-40-47-19-7-9-22-52(47)53-23-10-11-24-54(53)58/h3-41H,1-2H3. The molecule has 0 aliphatic heterocycles. The highest BCUT2D eigenvalue weighted by atomic mass is 15.1. The van der Waals surface area contributed by atoms with Gasteiger partial charge >= 0.3 is 0 Å². The first-order chi connectivity index (χ1) is 31.5. The lowest BCUT2D eigenvalue weighted by Crippen LogP contribution is -2.17. The van der Waals surface area contributed by atoms with E-state index in [-0.39, 0.29) is 5.41 Å². The molecule has 1 aliphatic carbocycles. The van der Waals surface area contributed by atoms with Gasteiger partial charge in [0.1, 0.15) is 0 Å². The number of hydrogen-bond donors (Lipinski definition) is 0. The third-order valence-electron chi connectivity index (χ3n) is 13.7. The molecule has 0 saturated heterocycles. The van der Waals surface area contributed by atoms with E-state index in [9.17, 15) is 0 Å². The van der Waals surface area contributed by atoms with E-state index in [0.717, 1.165) is 22.6 Å². The minimum atomic E-state index is -0.159. The Bertz CT molecular complexity index is 3560. The summed E-state index contributed by atoms with van der Waals surface area (Å²) < 4.78 is 0.